The van der Waals surface area contributed by atoms with Gasteiger partial charge in [0.2, 0.25) is 11.8 Å². The molecule has 3 rings (SSSR count). The van der Waals surface area contributed by atoms with Gasteiger partial charge in [-0.3, -0.25) is 19.5 Å². The van der Waals surface area contributed by atoms with Gasteiger partial charge in [-0.25, -0.2) is 0 Å². The lowest BCUT2D eigenvalue weighted by molar-refractivity contribution is -0.155. The van der Waals surface area contributed by atoms with E-state index in [0.717, 1.165) is 18.7 Å². The van der Waals surface area contributed by atoms with Crippen molar-refractivity contribution in [3.8, 4) is 0 Å². The topological polar surface area (TPSA) is 88.8 Å². The van der Waals surface area contributed by atoms with Crippen molar-refractivity contribution in [2.75, 3.05) is 26.2 Å². The number of nitrogens with zero attached hydrogens (tertiary/aromatic N) is 3. The molecule has 2 aliphatic rings. The quantitative estimate of drug-likeness (QED) is 0.766. The summed E-state index contributed by atoms with van der Waals surface area (Å²) in [5.41, 5.74) is 6.35. The maximum absolute atomic E-state index is 11.9. The summed E-state index contributed by atoms with van der Waals surface area (Å²) < 4.78 is 5.59. The Labute approximate surface area is 122 Å². The van der Waals surface area contributed by atoms with Crippen LogP contribution in [0.2, 0.25) is 0 Å². The van der Waals surface area contributed by atoms with E-state index in [0.29, 0.717) is 6.54 Å². The SMILES string of the molecule is NC(=O)CN1C(=O)CO[C@H]2CN(Cc3cccnc3)C[C@H]21. The second kappa shape index (κ2) is 5.79. The summed E-state index contributed by atoms with van der Waals surface area (Å²) in [6, 6.07) is 3.82. The fourth-order valence-corrected chi connectivity index (χ4v) is 2.99. The fourth-order valence-electron chi connectivity index (χ4n) is 2.99. The number of rotatable bonds is 4. The normalized spacial score (nSPS) is 25.9. The highest BCUT2D eigenvalue weighted by Gasteiger charge is 2.43. The number of pyridine rings is 1. The van der Waals surface area contributed by atoms with Gasteiger partial charge in [-0.15, -0.1) is 0 Å². The first kappa shape index (κ1) is 14.0. The highest BCUT2D eigenvalue weighted by molar-refractivity contribution is 5.85. The molecule has 2 amide bonds. The molecule has 0 aromatic carbocycles. The van der Waals surface area contributed by atoms with Crippen molar-refractivity contribution in [3.63, 3.8) is 0 Å². The molecule has 1 aromatic heterocycles. The zero-order valence-corrected chi connectivity index (χ0v) is 11.6. The number of nitrogens with two attached hydrogens (primary N) is 1. The molecule has 0 radical (unpaired) electrons. The number of fused-ring (bicyclic) bond motifs is 1. The van der Waals surface area contributed by atoms with Crippen molar-refractivity contribution in [2.45, 2.75) is 18.7 Å². The molecule has 2 aliphatic heterocycles. The fraction of sp³-hybridized carbons (Fsp3) is 0.500. The van der Waals surface area contributed by atoms with Crippen LogP contribution in [0, 0.1) is 0 Å². The molecule has 1 aromatic rings. The van der Waals surface area contributed by atoms with Crippen molar-refractivity contribution in [1.82, 2.24) is 14.8 Å². The van der Waals surface area contributed by atoms with E-state index >= 15 is 0 Å². The lowest BCUT2D eigenvalue weighted by atomic mass is 10.1. The molecule has 2 saturated heterocycles. The smallest absolute Gasteiger partial charge is 0.249 e. The molecule has 112 valence electrons. The van der Waals surface area contributed by atoms with E-state index in [1.807, 2.05) is 18.3 Å². The molecule has 7 heteroatoms. The molecule has 7 nitrogen and oxygen atoms in total. The average Bonchev–Trinajstić information content (AvgIpc) is 2.86. The number of hydrogen-bond donors (Lipinski definition) is 1. The van der Waals surface area contributed by atoms with Gasteiger partial charge in [0.05, 0.1) is 18.7 Å². The Hall–Kier alpha value is -1.99. The summed E-state index contributed by atoms with van der Waals surface area (Å²) in [5.74, 6) is -0.659. The van der Waals surface area contributed by atoms with Crippen LogP contribution in [0.15, 0.2) is 24.5 Å². The number of amides is 2. The molecule has 2 N–H and O–H groups in total. The van der Waals surface area contributed by atoms with E-state index in [1.54, 1.807) is 11.1 Å². The average molecular weight is 290 g/mol. The van der Waals surface area contributed by atoms with Crippen molar-refractivity contribution < 1.29 is 14.3 Å². The van der Waals surface area contributed by atoms with Crippen LogP contribution in [-0.4, -0.2) is 65.0 Å². The Morgan fingerprint density at radius 3 is 3.05 bits per heavy atom. The van der Waals surface area contributed by atoms with E-state index in [9.17, 15) is 9.59 Å². The van der Waals surface area contributed by atoms with Crippen molar-refractivity contribution in [2.24, 2.45) is 5.73 Å². The van der Waals surface area contributed by atoms with E-state index in [1.165, 1.54) is 0 Å². The molecule has 0 spiro atoms. The van der Waals surface area contributed by atoms with Gasteiger partial charge in [0, 0.05) is 32.0 Å². The lowest BCUT2D eigenvalue weighted by Crippen LogP contribution is -2.56. The third-order valence-electron chi connectivity index (χ3n) is 3.91. The van der Waals surface area contributed by atoms with Gasteiger partial charge < -0.3 is 15.4 Å². The lowest BCUT2D eigenvalue weighted by Gasteiger charge is -2.35. The predicted octanol–water partition coefficient (Wildman–Crippen LogP) is -1.02. The molecule has 2 fully saturated rings. The summed E-state index contributed by atoms with van der Waals surface area (Å²) in [6.45, 7) is 2.16. The summed E-state index contributed by atoms with van der Waals surface area (Å²) >= 11 is 0. The van der Waals surface area contributed by atoms with Crippen molar-refractivity contribution in [1.29, 1.82) is 0 Å². The molecule has 0 saturated carbocycles. The Balaban J connectivity index is 1.68. The molecule has 0 aliphatic carbocycles. The molecule has 0 bridgehead atoms. The summed E-state index contributed by atoms with van der Waals surface area (Å²) in [5, 5.41) is 0. The van der Waals surface area contributed by atoms with Crippen molar-refractivity contribution >= 4 is 11.8 Å². The number of hydrogen-bond acceptors (Lipinski definition) is 5. The summed E-state index contributed by atoms with van der Waals surface area (Å²) in [7, 11) is 0. The standard InChI is InChI=1S/C14H18N4O3/c15-13(19)8-18-11-6-17(5-10-2-1-3-16-4-10)7-12(11)21-9-14(18)20/h1-4,11-12H,5-9H2,(H2,15,19)/t11-,12+/m1/s1. The van der Waals surface area contributed by atoms with E-state index in [-0.39, 0.29) is 31.2 Å². The molecular weight excluding hydrogens is 272 g/mol. The first-order valence-electron chi connectivity index (χ1n) is 6.94. The van der Waals surface area contributed by atoms with Crippen LogP contribution in [0.5, 0.6) is 0 Å². The van der Waals surface area contributed by atoms with Gasteiger partial charge in [-0.2, -0.15) is 0 Å². The Kier molecular flexibility index (Phi) is 3.85. The second-order valence-electron chi connectivity index (χ2n) is 5.46. The third kappa shape index (κ3) is 3.03. The molecular formula is C14H18N4O3. The Morgan fingerprint density at radius 2 is 2.33 bits per heavy atom. The van der Waals surface area contributed by atoms with Gasteiger partial charge in [0.1, 0.15) is 6.61 Å². The summed E-state index contributed by atoms with van der Waals surface area (Å²) in [4.78, 5) is 30.9. The molecule has 0 unspecified atom stereocenters. The number of primary amides is 1. The largest absolute Gasteiger partial charge is 0.368 e. The Bertz CT molecular complexity index is 536. The minimum absolute atomic E-state index is 0.0230. The maximum Gasteiger partial charge on any atom is 0.249 e. The number of aromatic nitrogens is 1. The zero-order valence-electron chi connectivity index (χ0n) is 11.6. The van der Waals surface area contributed by atoms with Crippen LogP contribution in [0.25, 0.3) is 0 Å². The number of carbonyl (C=O) groups is 2. The van der Waals surface area contributed by atoms with Gasteiger partial charge >= 0.3 is 0 Å². The molecule has 3 heterocycles. The Morgan fingerprint density at radius 1 is 1.48 bits per heavy atom. The van der Waals surface area contributed by atoms with Crippen LogP contribution in [0.4, 0.5) is 0 Å². The van der Waals surface area contributed by atoms with Gasteiger partial charge in [-0.05, 0) is 11.6 Å². The molecule has 21 heavy (non-hydrogen) atoms. The zero-order chi connectivity index (χ0) is 14.8. The first-order valence-corrected chi connectivity index (χ1v) is 6.94. The minimum atomic E-state index is -0.491. The van der Waals surface area contributed by atoms with Gasteiger partial charge in [0.25, 0.3) is 0 Å². The monoisotopic (exact) mass is 290 g/mol. The number of likely N-dealkylation sites (tertiary alicyclic amines) is 1. The third-order valence-corrected chi connectivity index (χ3v) is 3.91. The highest BCUT2D eigenvalue weighted by atomic mass is 16.5. The van der Waals surface area contributed by atoms with Crippen LogP contribution in [0.3, 0.4) is 0 Å². The number of ether oxygens (including phenoxy) is 1. The number of carbonyl (C=O) groups excluding carboxylic acids is 2. The van der Waals surface area contributed by atoms with Crippen LogP contribution >= 0.6 is 0 Å². The van der Waals surface area contributed by atoms with Crippen molar-refractivity contribution in [3.05, 3.63) is 30.1 Å². The van der Waals surface area contributed by atoms with Gasteiger partial charge in [-0.1, -0.05) is 6.07 Å². The van der Waals surface area contributed by atoms with E-state index in [2.05, 4.69) is 9.88 Å². The van der Waals surface area contributed by atoms with Crippen LogP contribution < -0.4 is 5.73 Å². The van der Waals surface area contributed by atoms with Gasteiger partial charge in [0.15, 0.2) is 0 Å². The highest BCUT2D eigenvalue weighted by Crippen LogP contribution is 2.24. The predicted molar refractivity (Wildman–Crippen MR) is 73.9 cm³/mol. The van der Waals surface area contributed by atoms with Crippen LogP contribution in [-0.2, 0) is 20.9 Å². The van der Waals surface area contributed by atoms with E-state index in [4.69, 9.17) is 10.5 Å². The summed E-state index contributed by atoms with van der Waals surface area (Å²) in [6.07, 6.45) is 3.51. The maximum atomic E-state index is 11.9. The van der Waals surface area contributed by atoms with E-state index < -0.39 is 5.91 Å². The second-order valence-corrected chi connectivity index (χ2v) is 5.46. The number of morpholine rings is 1. The van der Waals surface area contributed by atoms with Crippen LogP contribution in [0.1, 0.15) is 5.56 Å². The molecule has 2 atom stereocenters. The minimum Gasteiger partial charge on any atom is -0.368 e. The first-order chi connectivity index (χ1) is 10.1.